The van der Waals surface area contributed by atoms with Crippen LogP contribution in [0.5, 0.6) is 0 Å². The van der Waals surface area contributed by atoms with E-state index >= 15 is 0 Å². The van der Waals surface area contributed by atoms with Crippen LogP contribution in [0, 0.1) is 0 Å². The Morgan fingerprint density at radius 3 is 2.26 bits per heavy atom. The second-order valence-corrected chi connectivity index (χ2v) is 5.87. The fourth-order valence-electron chi connectivity index (χ4n) is 1.85. The van der Waals surface area contributed by atoms with Gasteiger partial charge in [0.2, 0.25) is 0 Å². The summed E-state index contributed by atoms with van der Waals surface area (Å²) in [4.78, 5) is 14.9. The van der Waals surface area contributed by atoms with E-state index in [2.05, 4.69) is 50.2 Å². The maximum Gasteiger partial charge on any atom is 0.258 e. The Labute approximate surface area is 117 Å². The Hall–Kier alpha value is -1.65. The van der Waals surface area contributed by atoms with Gasteiger partial charge in [0.1, 0.15) is 0 Å². The fraction of sp³-hybridized carbons (Fsp3) is 0.267. The summed E-state index contributed by atoms with van der Waals surface area (Å²) < 4.78 is 0. The highest BCUT2D eigenvalue weighted by Gasteiger charge is 2.09. The average molecular weight is 274 g/mol. The number of carbonyl (C=O) groups excluding carboxylic acids is 1. The Kier molecular flexibility index (Phi) is 4.02. The fourth-order valence-corrected chi connectivity index (χ4v) is 2.71. The molecule has 2 rings (SSSR count). The number of nitrogens with zero attached hydrogens (tertiary/aromatic N) is 1. The van der Waals surface area contributed by atoms with Gasteiger partial charge in [-0.15, -0.1) is 11.3 Å². The van der Waals surface area contributed by atoms with Gasteiger partial charge in [0.25, 0.3) is 5.91 Å². The van der Waals surface area contributed by atoms with Crippen molar-refractivity contribution >= 4 is 17.2 Å². The molecule has 0 radical (unpaired) electrons. The Bertz CT molecular complexity index is 572. The highest BCUT2D eigenvalue weighted by Crippen LogP contribution is 2.29. The molecule has 19 heavy (non-hydrogen) atoms. The summed E-state index contributed by atoms with van der Waals surface area (Å²) in [5, 5.41) is 0. The van der Waals surface area contributed by atoms with Gasteiger partial charge in [-0.05, 0) is 44.3 Å². The van der Waals surface area contributed by atoms with Crippen LogP contribution in [0.15, 0.2) is 36.4 Å². The van der Waals surface area contributed by atoms with Gasteiger partial charge in [-0.25, -0.2) is 0 Å². The van der Waals surface area contributed by atoms with Crippen molar-refractivity contribution in [1.29, 1.82) is 0 Å². The zero-order valence-corrected chi connectivity index (χ0v) is 12.2. The van der Waals surface area contributed by atoms with Crippen molar-refractivity contribution < 1.29 is 4.79 Å². The van der Waals surface area contributed by atoms with Crippen LogP contribution in [0.3, 0.4) is 0 Å². The van der Waals surface area contributed by atoms with Crippen molar-refractivity contribution in [2.45, 2.75) is 13.0 Å². The van der Waals surface area contributed by atoms with Crippen LogP contribution in [0.4, 0.5) is 0 Å². The molecule has 0 aliphatic heterocycles. The first-order valence-electron chi connectivity index (χ1n) is 6.15. The molecule has 0 spiro atoms. The maximum absolute atomic E-state index is 11.1. The van der Waals surface area contributed by atoms with Gasteiger partial charge < -0.3 is 10.6 Å². The summed E-state index contributed by atoms with van der Waals surface area (Å²) >= 11 is 1.43. The molecule has 0 saturated carbocycles. The van der Waals surface area contributed by atoms with Crippen molar-refractivity contribution in [2.24, 2.45) is 5.73 Å². The first-order valence-corrected chi connectivity index (χ1v) is 6.97. The molecule has 1 heterocycles. The van der Waals surface area contributed by atoms with Gasteiger partial charge in [0.15, 0.2) is 0 Å². The molecule has 1 unspecified atom stereocenters. The first-order chi connectivity index (χ1) is 8.99. The zero-order valence-electron chi connectivity index (χ0n) is 11.4. The molecular weight excluding hydrogens is 256 g/mol. The van der Waals surface area contributed by atoms with Crippen molar-refractivity contribution in [3.05, 3.63) is 46.8 Å². The lowest BCUT2D eigenvalue weighted by Crippen LogP contribution is -2.16. The molecule has 0 bridgehead atoms. The SMILES string of the molecule is CC(c1ccc(-c2ccc(C(N)=O)s2)cc1)N(C)C. The number of primary amides is 1. The molecule has 0 saturated heterocycles. The van der Waals surface area contributed by atoms with E-state index in [1.807, 2.05) is 6.07 Å². The summed E-state index contributed by atoms with van der Waals surface area (Å²) in [6, 6.07) is 12.5. The lowest BCUT2D eigenvalue weighted by Gasteiger charge is -2.20. The van der Waals surface area contributed by atoms with Crippen molar-refractivity contribution in [3.63, 3.8) is 0 Å². The average Bonchev–Trinajstić information content (AvgIpc) is 2.87. The van der Waals surface area contributed by atoms with E-state index in [9.17, 15) is 4.79 Å². The molecule has 2 N–H and O–H groups in total. The first kappa shape index (κ1) is 13.8. The smallest absolute Gasteiger partial charge is 0.258 e. The number of rotatable bonds is 4. The van der Waals surface area contributed by atoms with Gasteiger partial charge in [0.05, 0.1) is 4.88 Å². The molecule has 0 aliphatic carbocycles. The quantitative estimate of drug-likeness (QED) is 0.931. The molecule has 1 aromatic carbocycles. The number of thiophene rings is 1. The third kappa shape index (κ3) is 3.03. The molecule has 1 atom stereocenters. The summed E-state index contributed by atoms with van der Waals surface area (Å²) in [6.45, 7) is 2.17. The summed E-state index contributed by atoms with van der Waals surface area (Å²) in [7, 11) is 4.13. The van der Waals surface area contributed by atoms with Crippen LogP contribution in [-0.2, 0) is 0 Å². The van der Waals surface area contributed by atoms with E-state index in [-0.39, 0.29) is 5.91 Å². The number of carbonyl (C=O) groups is 1. The molecule has 2 aromatic rings. The van der Waals surface area contributed by atoms with Gasteiger partial charge in [-0.2, -0.15) is 0 Å². The van der Waals surface area contributed by atoms with E-state index in [1.165, 1.54) is 16.9 Å². The predicted molar refractivity (Wildman–Crippen MR) is 80.4 cm³/mol. The van der Waals surface area contributed by atoms with Crippen LogP contribution < -0.4 is 5.73 Å². The molecule has 1 aromatic heterocycles. The molecule has 1 amide bonds. The molecule has 100 valence electrons. The van der Waals surface area contributed by atoms with Crippen molar-refractivity contribution in [3.8, 4) is 10.4 Å². The minimum absolute atomic E-state index is 0.367. The highest BCUT2D eigenvalue weighted by molar-refractivity contribution is 7.17. The van der Waals surface area contributed by atoms with Crippen LogP contribution in [0.25, 0.3) is 10.4 Å². The Balaban J connectivity index is 2.24. The molecule has 4 heteroatoms. The van der Waals surface area contributed by atoms with Crippen LogP contribution in [0.2, 0.25) is 0 Å². The standard InChI is InChI=1S/C15H18N2OS/c1-10(17(2)3)11-4-6-12(7-5-11)13-8-9-14(19-13)15(16)18/h4-10H,1-3H3,(H2,16,18). The van der Waals surface area contributed by atoms with E-state index in [1.54, 1.807) is 6.07 Å². The van der Waals surface area contributed by atoms with Crippen molar-refractivity contribution in [1.82, 2.24) is 4.90 Å². The largest absolute Gasteiger partial charge is 0.365 e. The van der Waals surface area contributed by atoms with E-state index in [0.29, 0.717) is 10.9 Å². The van der Waals surface area contributed by atoms with Gasteiger partial charge in [0, 0.05) is 10.9 Å². The second kappa shape index (κ2) is 5.55. The number of hydrogen-bond donors (Lipinski definition) is 1. The molecule has 3 nitrogen and oxygen atoms in total. The van der Waals surface area contributed by atoms with E-state index < -0.39 is 0 Å². The van der Waals surface area contributed by atoms with Gasteiger partial charge >= 0.3 is 0 Å². The number of amides is 1. The topological polar surface area (TPSA) is 46.3 Å². The van der Waals surface area contributed by atoms with E-state index in [0.717, 1.165) is 10.4 Å². The lowest BCUT2D eigenvalue weighted by molar-refractivity contribution is 0.100. The number of hydrogen-bond acceptors (Lipinski definition) is 3. The predicted octanol–water partition coefficient (Wildman–Crippen LogP) is 3.14. The molecule has 0 fully saturated rings. The van der Waals surface area contributed by atoms with Crippen molar-refractivity contribution in [2.75, 3.05) is 14.1 Å². The van der Waals surface area contributed by atoms with Crippen LogP contribution in [0.1, 0.15) is 28.2 Å². The maximum atomic E-state index is 11.1. The van der Waals surface area contributed by atoms with Crippen LogP contribution in [-0.4, -0.2) is 24.9 Å². The van der Waals surface area contributed by atoms with Gasteiger partial charge in [-0.3, -0.25) is 4.79 Å². The lowest BCUT2D eigenvalue weighted by atomic mass is 10.0. The number of benzene rings is 1. The summed E-state index contributed by atoms with van der Waals surface area (Å²) in [6.07, 6.45) is 0. The molecular formula is C15H18N2OS. The monoisotopic (exact) mass is 274 g/mol. The second-order valence-electron chi connectivity index (χ2n) is 4.79. The third-order valence-electron chi connectivity index (χ3n) is 3.30. The van der Waals surface area contributed by atoms with Crippen LogP contribution >= 0.6 is 11.3 Å². The Morgan fingerprint density at radius 1 is 1.16 bits per heavy atom. The zero-order chi connectivity index (χ0) is 14.0. The third-order valence-corrected chi connectivity index (χ3v) is 4.45. The summed E-state index contributed by atoms with van der Waals surface area (Å²) in [5.74, 6) is -0.367. The van der Waals surface area contributed by atoms with E-state index in [4.69, 9.17) is 5.73 Å². The van der Waals surface area contributed by atoms with Gasteiger partial charge in [-0.1, -0.05) is 24.3 Å². The normalized spacial score (nSPS) is 12.6. The minimum Gasteiger partial charge on any atom is -0.365 e. The highest BCUT2D eigenvalue weighted by atomic mass is 32.1. The Morgan fingerprint density at radius 2 is 1.79 bits per heavy atom. The summed E-state index contributed by atoms with van der Waals surface area (Å²) in [5.41, 5.74) is 7.66. The molecule has 0 aliphatic rings. The minimum atomic E-state index is -0.367. The number of nitrogens with two attached hydrogens (primary N) is 1.